The molecule has 0 fully saturated rings. The molecule has 6 nitrogen and oxygen atoms in total. The number of ether oxygens (including phenoxy) is 2. The molecule has 0 aromatic heterocycles. The summed E-state index contributed by atoms with van der Waals surface area (Å²) in [6.07, 6.45) is -0.154. The maximum atomic E-state index is 11.9. The number of rotatable bonds is 8. The SMILES string of the molecule is C[C@@H](Oc1ccc(C#N)cc1)C(=O)OCC(=O)NCCc1ccccc1. The van der Waals surface area contributed by atoms with Crippen molar-refractivity contribution >= 4 is 11.9 Å². The van der Waals surface area contributed by atoms with Crippen molar-refractivity contribution in [3.63, 3.8) is 0 Å². The van der Waals surface area contributed by atoms with Crippen LogP contribution in [0.3, 0.4) is 0 Å². The molecule has 2 aromatic carbocycles. The van der Waals surface area contributed by atoms with Crippen LogP contribution >= 0.6 is 0 Å². The molecule has 1 atom stereocenters. The minimum absolute atomic E-state index is 0.352. The lowest BCUT2D eigenvalue weighted by molar-refractivity contribution is -0.154. The minimum atomic E-state index is -0.861. The first-order chi connectivity index (χ1) is 12.6. The van der Waals surface area contributed by atoms with Gasteiger partial charge in [-0.15, -0.1) is 0 Å². The maximum absolute atomic E-state index is 11.9. The third-order valence-corrected chi connectivity index (χ3v) is 3.55. The number of hydrogen-bond acceptors (Lipinski definition) is 5. The van der Waals surface area contributed by atoms with Crippen LogP contribution in [-0.4, -0.2) is 31.1 Å². The molecule has 0 aliphatic heterocycles. The molecule has 0 bridgehead atoms. The highest BCUT2D eigenvalue weighted by atomic mass is 16.6. The molecule has 2 rings (SSSR count). The summed E-state index contributed by atoms with van der Waals surface area (Å²) in [5, 5.41) is 11.4. The molecular weight excluding hydrogens is 332 g/mol. The molecule has 134 valence electrons. The summed E-state index contributed by atoms with van der Waals surface area (Å²) in [4.78, 5) is 23.6. The second kappa shape index (κ2) is 9.84. The van der Waals surface area contributed by atoms with Crippen LogP contribution < -0.4 is 10.1 Å². The summed E-state index contributed by atoms with van der Waals surface area (Å²) in [5.41, 5.74) is 1.62. The number of nitrogens with zero attached hydrogens (tertiary/aromatic N) is 1. The van der Waals surface area contributed by atoms with E-state index < -0.39 is 12.1 Å². The minimum Gasteiger partial charge on any atom is -0.479 e. The van der Waals surface area contributed by atoms with E-state index in [1.165, 1.54) is 6.92 Å². The Morgan fingerprint density at radius 1 is 1.12 bits per heavy atom. The number of benzene rings is 2. The van der Waals surface area contributed by atoms with E-state index in [9.17, 15) is 9.59 Å². The smallest absolute Gasteiger partial charge is 0.347 e. The fourth-order valence-corrected chi connectivity index (χ4v) is 2.16. The highest BCUT2D eigenvalue weighted by Gasteiger charge is 2.17. The van der Waals surface area contributed by atoms with Crippen LogP contribution in [0.2, 0.25) is 0 Å². The lowest BCUT2D eigenvalue weighted by Gasteiger charge is -2.14. The van der Waals surface area contributed by atoms with E-state index in [1.54, 1.807) is 24.3 Å². The van der Waals surface area contributed by atoms with Gasteiger partial charge < -0.3 is 14.8 Å². The number of nitriles is 1. The topological polar surface area (TPSA) is 88.4 Å². The van der Waals surface area contributed by atoms with Gasteiger partial charge in [-0.25, -0.2) is 4.79 Å². The van der Waals surface area contributed by atoms with Gasteiger partial charge in [-0.1, -0.05) is 30.3 Å². The molecule has 0 aliphatic rings. The summed E-state index contributed by atoms with van der Waals surface area (Å²) in [5.74, 6) is -0.548. The molecule has 0 spiro atoms. The van der Waals surface area contributed by atoms with E-state index in [2.05, 4.69) is 5.32 Å². The number of nitrogens with one attached hydrogen (secondary N) is 1. The highest BCUT2D eigenvalue weighted by Crippen LogP contribution is 2.13. The van der Waals surface area contributed by atoms with Crippen molar-refractivity contribution in [2.45, 2.75) is 19.4 Å². The normalized spacial score (nSPS) is 11.1. The predicted octanol–water partition coefficient (Wildman–Crippen LogP) is 2.23. The average molecular weight is 352 g/mol. The zero-order valence-electron chi connectivity index (χ0n) is 14.5. The first kappa shape index (κ1) is 19.0. The highest BCUT2D eigenvalue weighted by molar-refractivity contribution is 5.81. The second-order valence-corrected chi connectivity index (χ2v) is 5.59. The molecule has 0 unspecified atom stereocenters. The first-order valence-corrected chi connectivity index (χ1v) is 8.22. The van der Waals surface area contributed by atoms with Crippen LogP contribution in [0.4, 0.5) is 0 Å². The van der Waals surface area contributed by atoms with Gasteiger partial charge in [-0.2, -0.15) is 5.26 Å². The lowest BCUT2D eigenvalue weighted by Crippen LogP contribution is -2.33. The molecule has 26 heavy (non-hydrogen) atoms. The molecule has 2 aromatic rings. The first-order valence-electron chi connectivity index (χ1n) is 8.22. The second-order valence-electron chi connectivity index (χ2n) is 5.59. The van der Waals surface area contributed by atoms with Gasteiger partial charge in [0, 0.05) is 6.54 Å². The third kappa shape index (κ3) is 6.29. The lowest BCUT2D eigenvalue weighted by atomic mass is 10.1. The van der Waals surface area contributed by atoms with Gasteiger partial charge in [0.25, 0.3) is 5.91 Å². The zero-order chi connectivity index (χ0) is 18.8. The van der Waals surface area contributed by atoms with Crippen LogP contribution in [0.25, 0.3) is 0 Å². The Balaban J connectivity index is 1.67. The Morgan fingerprint density at radius 2 is 1.81 bits per heavy atom. The van der Waals surface area contributed by atoms with Gasteiger partial charge in [0.15, 0.2) is 12.7 Å². The quantitative estimate of drug-likeness (QED) is 0.736. The van der Waals surface area contributed by atoms with Crippen LogP contribution in [-0.2, 0) is 20.7 Å². The standard InChI is InChI=1S/C20H20N2O4/c1-15(26-18-9-7-17(13-21)8-10-18)20(24)25-14-19(23)22-12-11-16-5-3-2-4-6-16/h2-10,15H,11-12,14H2,1H3,(H,22,23)/t15-/m1/s1. The summed E-state index contributed by atoms with van der Waals surface area (Å²) in [6, 6.07) is 18.1. The summed E-state index contributed by atoms with van der Waals surface area (Å²) in [6.45, 7) is 1.65. The van der Waals surface area contributed by atoms with Crippen molar-refractivity contribution in [1.29, 1.82) is 5.26 Å². The van der Waals surface area contributed by atoms with Gasteiger partial charge in [-0.05, 0) is 43.2 Å². The summed E-state index contributed by atoms with van der Waals surface area (Å²) < 4.78 is 10.4. The number of carbonyl (C=O) groups is 2. The van der Waals surface area contributed by atoms with E-state index in [-0.39, 0.29) is 12.5 Å². The van der Waals surface area contributed by atoms with Gasteiger partial charge >= 0.3 is 5.97 Å². The van der Waals surface area contributed by atoms with E-state index in [0.29, 0.717) is 24.3 Å². The Morgan fingerprint density at radius 3 is 2.46 bits per heavy atom. The van der Waals surface area contributed by atoms with Gasteiger partial charge in [0.05, 0.1) is 11.6 Å². The predicted molar refractivity (Wildman–Crippen MR) is 95.4 cm³/mol. The van der Waals surface area contributed by atoms with E-state index in [1.807, 2.05) is 36.4 Å². The number of amides is 1. The fourth-order valence-electron chi connectivity index (χ4n) is 2.16. The fraction of sp³-hybridized carbons (Fsp3) is 0.250. The van der Waals surface area contributed by atoms with Crippen molar-refractivity contribution < 1.29 is 19.1 Å². The molecule has 0 radical (unpaired) electrons. The molecule has 0 saturated carbocycles. The molecule has 0 aliphatic carbocycles. The van der Waals surface area contributed by atoms with Crippen LogP contribution in [0, 0.1) is 11.3 Å². The van der Waals surface area contributed by atoms with Gasteiger partial charge in [0.1, 0.15) is 5.75 Å². The van der Waals surface area contributed by atoms with Crippen molar-refractivity contribution in [2.75, 3.05) is 13.2 Å². The van der Waals surface area contributed by atoms with Crippen LogP contribution in [0.1, 0.15) is 18.1 Å². The average Bonchev–Trinajstić information content (AvgIpc) is 2.67. The summed E-state index contributed by atoms with van der Waals surface area (Å²) in [7, 11) is 0. The van der Waals surface area contributed by atoms with Crippen molar-refractivity contribution in [1.82, 2.24) is 5.32 Å². The molecule has 1 N–H and O–H groups in total. The Hall–Kier alpha value is -3.33. The Kier molecular flexibility index (Phi) is 7.19. The van der Waals surface area contributed by atoms with Crippen molar-refractivity contribution in [2.24, 2.45) is 0 Å². The van der Waals surface area contributed by atoms with Gasteiger partial charge in [-0.3, -0.25) is 4.79 Å². The molecule has 0 saturated heterocycles. The zero-order valence-corrected chi connectivity index (χ0v) is 14.5. The molecule has 6 heteroatoms. The van der Waals surface area contributed by atoms with Crippen LogP contribution in [0.5, 0.6) is 5.75 Å². The van der Waals surface area contributed by atoms with E-state index in [0.717, 1.165) is 5.56 Å². The number of carbonyl (C=O) groups excluding carboxylic acids is 2. The van der Waals surface area contributed by atoms with E-state index in [4.69, 9.17) is 14.7 Å². The van der Waals surface area contributed by atoms with E-state index >= 15 is 0 Å². The maximum Gasteiger partial charge on any atom is 0.347 e. The number of esters is 1. The number of hydrogen-bond donors (Lipinski definition) is 1. The third-order valence-electron chi connectivity index (χ3n) is 3.55. The van der Waals surface area contributed by atoms with Gasteiger partial charge in [0.2, 0.25) is 0 Å². The molecule has 0 heterocycles. The summed E-state index contributed by atoms with van der Waals surface area (Å²) >= 11 is 0. The Bertz CT molecular complexity index is 767. The largest absolute Gasteiger partial charge is 0.479 e. The van der Waals surface area contributed by atoms with Crippen molar-refractivity contribution in [3.8, 4) is 11.8 Å². The monoisotopic (exact) mass is 352 g/mol. The van der Waals surface area contributed by atoms with Crippen molar-refractivity contribution in [3.05, 3.63) is 65.7 Å². The molecular formula is C20H20N2O4. The van der Waals surface area contributed by atoms with Crippen LogP contribution in [0.15, 0.2) is 54.6 Å². The Labute approximate surface area is 152 Å². The molecule has 1 amide bonds.